The molecular weight excluding hydrogens is 276 g/mol. The average molecular weight is 292 g/mol. The van der Waals surface area contributed by atoms with E-state index < -0.39 is 11.6 Å². The van der Waals surface area contributed by atoms with Gasteiger partial charge in [0.15, 0.2) is 0 Å². The molecule has 0 radical (unpaired) electrons. The molecule has 1 N–H and O–H groups in total. The van der Waals surface area contributed by atoms with Gasteiger partial charge in [-0.05, 0) is 23.6 Å². The van der Waals surface area contributed by atoms with Crippen LogP contribution in [0.25, 0.3) is 0 Å². The molecule has 0 saturated heterocycles. The van der Waals surface area contributed by atoms with E-state index in [1.54, 1.807) is 0 Å². The SMILES string of the molecule is CC(C)C(CBr)NCc1cc(F)cc(F)c1. The fourth-order valence-electron chi connectivity index (χ4n) is 1.43. The second-order valence-electron chi connectivity index (χ2n) is 4.16. The molecule has 0 aliphatic heterocycles. The van der Waals surface area contributed by atoms with Gasteiger partial charge in [0.05, 0.1) is 0 Å². The zero-order valence-electron chi connectivity index (χ0n) is 9.43. The molecule has 1 unspecified atom stereocenters. The third kappa shape index (κ3) is 4.18. The zero-order chi connectivity index (χ0) is 12.1. The first kappa shape index (κ1) is 13.6. The van der Waals surface area contributed by atoms with Crippen LogP contribution < -0.4 is 5.32 Å². The summed E-state index contributed by atoms with van der Waals surface area (Å²) in [6, 6.07) is 3.88. The molecule has 1 rings (SSSR count). The van der Waals surface area contributed by atoms with E-state index >= 15 is 0 Å². The number of halogens is 3. The van der Waals surface area contributed by atoms with Crippen LogP contribution in [0.3, 0.4) is 0 Å². The Morgan fingerprint density at radius 3 is 2.19 bits per heavy atom. The highest BCUT2D eigenvalue weighted by Gasteiger charge is 2.11. The number of benzene rings is 1. The molecule has 1 aromatic rings. The Morgan fingerprint density at radius 1 is 1.19 bits per heavy atom. The Kier molecular flexibility index (Phi) is 5.35. The lowest BCUT2D eigenvalue weighted by molar-refractivity contribution is 0.433. The van der Waals surface area contributed by atoms with Crippen molar-refractivity contribution < 1.29 is 8.78 Å². The van der Waals surface area contributed by atoms with Gasteiger partial charge in [0.2, 0.25) is 0 Å². The van der Waals surface area contributed by atoms with Crippen LogP contribution in [-0.4, -0.2) is 11.4 Å². The van der Waals surface area contributed by atoms with Crippen LogP contribution in [0.2, 0.25) is 0 Å². The third-order valence-corrected chi connectivity index (χ3v) is 3.16. The van der Waals surface area contributed by atoms with Gasteiger partial charge in [0.1, 0.15) is 11.6 Å². The van der Waals surface area contributed by atoms with E-state index in [4.69, 9.17) is 0 Å². The summed E-state index contributed by atoms with van der Waals surface area (Å²) in [5, 5.41) is 4.08. The lowest BCUT2D eigenvalue weighted by Crippen LogP contribution is -2.34. The molecule has 1 atom stereocenters. The molecule has 0 saturated carbocycles. The Morgan fingerprint density at radius 2 is 1.75 bits per heavy atom. The summed E-state index contributed by atoms with van der Waals surface area (Å²) >= 11 is 3.41. The van der Waals surface area contributed by atoms with E-state index in [9.17, 15) is 8.78 Å². The molecule has 0 aromatic heterocycles. The Hall–Kier alpha value is -0.480. The molecule has 0 amide bonds. The van der Waals surface area contributed by atoms with E-state index in [0.717, 1.165) is 11.4 Å². The lowest BCUT2D eigenvalue weighted by Gasteiger charge is -2.20. The van der Waals surface area contributed by atoms with Crippen LogP contribution in [0.5, 0.6) is 0 Å². The number of rotatable bonds is 5. The van der Waals surface area contributed by atoms with Gasteiger partial charge in [0, 0.05) is 24.0 Å². The molecule has 0 heterocycles. The molecule has 0 spiro atoms. The van der Waals surface area contributed by atoms with E-state index in [1.807, 2.05) is 0 Å². The van der Waals surface area contributed by atoms with Crippen molar-refractivity contribution in [3.8, 4) is 0 Å². The van der Waals surface area contributed by atoms with Crippen molar-refractivity contribution in [3.63, 3.8) is 0 Å². The van der Waals surface area contributed by atoms with Gasteiger partial charge in [0.25, 0.3) is 0 Å². The largest absolute Gasteiger partial charge is 0.309 e. The van der Waals surface area contributed by atoms with Gasteiger partial charge in [-0.2, -0.15) is 0 Å². The first-order valence-electron chi connectivity index (χ1n) is 5.27. The van der Waals surface area contributed by atoms with Crippen LogP contribution in [0.15, 0.2) is 18.2 Å². The van der Waals surface area contributed by atoms with Crippen LogP contribution in [0.1, 0.15) is 19.4 Å². The van der Waals surface area contributed by atoms with Crippen molar-refractivity contribution in [1.29, 1.82) is 0 Å². The predicted molar refractivity (Wildman–Crippen MR) is 65.6 cm³/mol. The predicted octanol–water partition coefficient (Wildman–Crippen LogP) is 3.47. The minimum Gasteiger partial charge on any atom is -0.309 e. The highest BCUT2D eigenvalue weighted by Crippen LogP contribution is 2.10. The van der Waals surface area contributed by atoms with Crippen molar-refractivity contribution in [2.45, 2.75) is 26.4 Å². The standard InChI is InChI=1S/C12H16BrF2N/c1-8(2)12(6-13)16-7-9-3-10(14)5-11(15)4-9/h3-5,8,12,16H,6-7H2,1-2H3. The van der Waals surface area contributed by atoms with Gasteiger partial charge in [-0.1, -0.05) is 29.8 Å². The van der Waals surface area contributed by atoms with Crippen molar-refractivity contribution in [3.05, 3.63) is 35.4 Å². The van der Waals surface area contributed by atoms with Crippen LogP contribution in [0, 0.1) is 17.6 Å². The second kappa shape index (κ2) is 6.30. The summed E-state index contributed by atoms with van der Waals surface area (Å²) in [6.07, 6.45) is 0. The maximum Gasteiger partial charge on any atom is 0.126 e. The number of nitrogens with one attached hydrogen (secondary N) is 1. The maximum atomic E-state index is 12.9. The third-order valence-electron chi connectivity index (χ3n) is 2.46. The topological polar surface area (TPSA) is 12.0 Å². The smallest absolute Gasteiger partial charge is 0.126 e. The van der Waals surface area contributed by atoms with E-state index in [-0.39, 0.29) is 0 Å². The molecule has 1 nitrogen and oxygen atoms in total. The highest BCUT2D eigenvalue weighted by atomic mass is 79.9. The Balaban J connectivity index is 2.60. The lowest BCUT2D eigenvalue weighted by atomic mass is 10.1. The summed E-state index contributed by atoms with van der Waals surface area (Å²) in [7, 11) is 0. The molecule has 4 heteroatoms. The molecule has 0 aliphatic carbocycles. The fraction of sp³-hybridized carbons (Fsp3) is 0.500. The zero-order valence-corrected chi connectivity index (χ0v) is 11.0. The first-order chi connectivity index (χ1) is 7.52. The van der Waals surface area contributed by atoms with Gasteiger partial charge >= 0.3 is 0 Å². The quantitative estimate of drug-likeness (QED) is 0.819. The van der Waals surface area contributed by atoms with Crippen LogP contribution in [-0.2, 0) is 6.54 Å². The minimum atomic E-state index is -0.531. The fourth-order valence-corrected chi connectivity index (χ4v) is 2.41. The first-order valence-corrected chi connectivity index (χ1v) is 6.39. The Labute approximate surface area is 103 Å². The Bertz CT molecular complexity index is 322. The summed E-state index contributed by atoms with van der Waals surface area (Å²) in [5.74, 6) is -0.591. The monoisotopic (exact) mass is 291 g/mol. The molecule has 16 heavy (non-hydrogen) atoms. The van der Waals surface area contributed by atoms with Gasteiger partial charge in [-0.25, -0.2) is 8.78 Å². The number of hydrogen-bond acceptors (Lipinski definition) is 1. The van der Waals surface area contributed by atoms with Crippen molar-refractivity contribution in [2.75, 3.05) is 5.33 Å². The minimum absolute atomic E-state index is 0.298. The summed E-state index contributed by atoms with van der Waals surface area (Å²) in [6.45, 7) is 4.68. The molecule has 0 aliphatic rings. The second-order valence-corrected chi connectivity index (χ2v) is 4.81. The molecular formula is C12H16BrF2N. The molecule has 0 fully saturated rings. The van der Waals surface area contributed by atoms with Crippen LogP contribution in [0.4, 0.5) is 8.78 Å². The molecule has 0 bridgehead atoms. The van der Waals surface area contributed by atoms with Crippen molar-refractivity contribution in [1.82, 2.24) is 5.32 Å². The highest BCUT2D eigenvalue weighted by molar-refractivity contribution is 9.09. The maximum absolute atomic E-state index is 12.9. The van der Waals surface area contributed by atoms with Crippen molar-refractivity contribution in [2.24, 2.45) is 5.92 Å². The van der Waals surface area contributed by atoms with Gasteiger partial charge in [-0.15, -0.1) is 0 Å². The van der Waals surface area contributed by atoms with Gasteiger partial charge in [-0.3, -0.25) is 0 Å². The molecule has 1 aromatic carbocycles. The van der Waals surface area contributed by atoms with Crippen LogP contribution >= 0.6 is 15.9 Å². The summed E-state index contributed by atoms with van der Waals surface area (Å²) < 4.78 is 25.8. The number of alkyl halides is 1. The number of hydrogen-bond donors (Lipinski definition) is 1. The van der Waals surface area contributed by atoms with E-state index in [2.05, 4.69) is 35.1 Å². The van der Waals surface area contributed by atoms with Gasteiger partial charge < -0.3 is 5.32 Å². The van der Waals surface area contributed by atoms with Crippen molar-refractivity contribution >= 4 is 15.9 Å². The van der Waals surface area contributed by atoms with E-state index in [1.165, 1.54) is 12.1 Å². The summed E-state index contributed by atoms with van der Waals surface area (Å²) in [5.41, 5.74) is 0.629. The summed E-state index contributed by atoms with van der Waals surface area (Å²) in [4.78, 5) is 0. The average Bonchev–Trinajstić information content (AvgIpc) is 2.16. The molecule has 90 valence electrons. The van der Waals surface area contributed by atoms with E-state index in [0.29, 0.717) is 24.1 Å². The normalized spacial score (nSPS) is 13.1.